The maximum Gasteiger partial charge on any atom is 0.116 e. The first-order valence-electron chi connectivity index (χ1n) is 10.8. The molecule has 32 heavy (non-hydrogen) atoms. The Morgan fingerprint density at radius 3 is 1.44 bits per heavy atom. The second-order valence-corrected chi connectivity index (χ2v) is 11.5. The molecule has 158 valence electrons. The summed E-state index contributed by atoms with van der Waals surface area (Å²) in [5.41, 5.74) is 2.83. The molecule has 2 heteroatoms. The van der Waals surface area contributed by atoms with E-state index in [-0.39, 0.29) is 24.0 Å². The Morgan fingerprint density at radius 2 is 0.938 bits per heavy atom. The van der Waals surface area contributed by atoms with Gasteiger partial charge in [-0.1, -0.05) is 91.0 Å². The maximum atomic E-state index is 2.33. The minimum atomic E-state index is -1.91. The van der Waals surface area contributed by atoms with E-state index >= 15 is 0 Å². The smallest absolute Gasteiger partial charge is 0.116 e. The van der Waals surface area contributed by atoms with Crippen molar-refractivity contribution in [2.24, 2.45) is 0 Å². The van der Waals surface area contributed by atoms with Gasteiger partial charge in [0, 0.05) is 5.56 Å². The number of hydrogen-bond acceptors (Lipinski definition) is 0. The van der Waals surface area contributed by atoms with Gasteiger partial charge in [-0.2, -0.15) is 0 Å². The molecule has 0 spiro atoms. The minimum Gasteiger partial charge on any atom is -1.00 e. The second kappa shape index (κ2) is 9.98. The van der Waals surface area contributed by atoms with Crippen molar-refractivity contribution in [1.29, 1.82) is 0 Å². The maximum absolute atomic E-state index is 2.33. The lowest BCUT2D eigenvalue weighted by molar-refractivity contribution is -0.00000599. The fraction of sp³-hybridized carbons (Fsp3) is 0.0667. The molecule has 0 saturated heterocycles. The molecule has 5 aromatic carbocycles. The average molecular weight is 544 g/mol. The molecule has 0 saturated carbocycles. The summed E-state index contributed by atoms with van der Waals surface area (Å²) in [5, 5.41) is 6.98. The summed E-state index contributed by atoms with van der Waals surface area (Å²) in [6.45, 7) is 2.26. The van der Waals surface area contributed by atoms with E-state index in [0.717, 1.165) is 6.16 Å². The first kappa shape index (κ1) is 22.7. The van der Waals surface area contributed by atoms with Crippen LogP contribution in [0.15, 0.2) is 127 Å². The van der Waals surface area contributed by atoms with Crippen LogP contribution in [0.2, 0.25) is 0 Å². The molecular formula is C30H26IP. The number of halogens is 1. The second-order valence-electron chi connectivity index (χ2n) is 8.06. The highest BCUT2D eigenvalue weighted by molar-refractivity contribution is 7.95. The first-order chi connectivity index (χ1) is 15.3. The highest BCUT2D eigenvalue weighted by atomic mass is 127. The summed E-state index contributed by atoms with van der Waals surface area (Å²) in [6, 6.07) is 46.8. The van der Waals surface area contributed by atoms with E-state index in [1.54, 1.807) is 0 Å². The van der Waals surface area contributed by atoms with Crippen molar-refractivity contribution >= 4 is 33.9 Å². The lowest BCUT2D eigenvalue weighted by Gasteiger charge is -2.29. The number of hydrogen-bond donors (Lipinski definition) is 0. The predicted molar refractivity (Wildman–Crippen MR) is 138 cm³/mol. The summed E-state index contributed by atoms with van der Waals surface area (Å²) in [4.78, 5) is 0. The minimum absolute atomic E-state index is 0. The summed E-state index contributed by atoms with van der Waals surface area (Å²) < 4.78 is 0. The molecular weight excluding hydrogens is 518 g/mol. The molecule has 0 nitrogen and oxygen atoms in total. The van der Waals surface area contributed by atoms with E-state index in [1.807, 2.05) is 0 Å². The molecule has 0 fully saturated rings. The zero-order valence-electron chi connectivity index (χ0n) is 18.2. The zero-order valence-corrected chi connectivity index (χ0v) is 21.2. The van der Waals surface area contributed by atoms with Crippen LogP contribution in [0, 0.1) is 6.92 Å². The van der Waals surface area contributed by atoms with Gasteiger partial charge in [0.25, 0.3) is 0 Å². The van der Waals surface area contributed by atoms with Gasteiger partial charge in [0.2, 0.25) is 0 Å². The van der Waals surface area contributed by atoms with Gasteiger partial charge in [-0.15, -0.1) is 0 Å². The lowest BCUT2D eigenvalue weighted by atomic mass is 10.0. The Morgan fingerprint density at radius 1 is 0.500 bits per heavy atom. The highest BCUT2D eigenvalue weighted by Crippen LogP contribution is 2.59. The van der Waals surface area contributed by atoms with Crippen molar-refractivity contribution in [2.75, 3.05) is 0 Å². The van der Waals surface area contributed by atoms with E-state index in [0.29, 0.717) is 0 Å². The van der Waals surface area contributed by atoms with E-state index in [4.69, 9.17) is 0 Å². The van der Waals surface area contributed by atoms with E-state index < -0.39 is 7.26 Å². The fourth-order valence-electron chi connectivity index (χ4n) is 4.66. The molecule has 0 aliphatic rings. The van der Waals surface area contributed by atoms with Crippen LogP contribution < -0.4 is 39.9 Å². The number of aryl methyl sites for hydroxylation is 1. The number of rotatable bonds is 5. The van der Waals surface area contributed by atoms with Gasteiger partial charge >= 0.3 is 0 Å². The van der Waals surface area contributed by atoms with Crippen molar-refractivity contribution in [2.45, 2.75) is 13.1 Å². The fourth-order valence-corrected chi connectivity index (χ4v) is 9.04. The summed E-state index contributed by atoms with van der Waals surface area (Å²) in [7, 11) is -1.91. The van der Waals surface area contributed by atoms with Crippen LogP contribution in [0.5, 0.6) is 0 Å². The van der Waals surface area contributed by atoms with E-state index in [1.165, 1.54) is 37.8 Å². The van der Waals surface area contributed by atoms with Crippen LogP contribution in [0.1, 0.15) is 11.1 Å². The summed E-state index contributed by atoms with van der Waals surface area (Å²) in [5.74, 6) is 0. The lowest BCUT2D eigenvalue weighted by Crippen LogP contribution is -3.00. The molecule has 0 radical (unpaired) electrons. The molecule has 5 rings (SSSR count). The van der Waals surface area contributed by atoms with Crippen LogP contribution in [-0.4, -0.2) is 0 Å². The van der Waals surface area contributed by atoms with Gasteiger partial charge in [-0.3, -0.25) is 0 Å². The molecule has 0 bridgehead atoms. The Bertz CT molecular complexity index is 1200. The van der Waals surface area contributed by atoms with E-state index in [9.17, 15) is 0 Å². The van der Waals surface area contributed by atoms with Crippen LogP contribution in [-0.2, 0) is 6.16 Å². The standard InChI is InChI=1S/C30H26P.HI/c1-24-21-22-25-13-11-12-20-29(25)30(24)23-31(26-14-5-2-6-15-26,27-16-7-3-8-17-27)28-18-9-4-10-19-28;/h2-22H,23H2,1H3;1H/q+1;/p-1. The van der Waals surface area contributed by atoms with Gasteiger partial charge in [0.1, 0.15) is 23.2 Å². The molecule has 0 N–H and O–H groups in total. The SMILES string of the molecule is Cc1ccc2ccccc2c1C[P+](c1ccccc1)(c1ccccc1)c1ccccc1.[I-]. The first-order valence-corrected chi connectivity index (χ1v) is 12.8. The Balaban J connectivity index is 0.00000245. The van der Waals surface area contributed by atoms with Crippen LogP contribution in [0.4, 0.5) is 0 Å². The largest absolute Gasteiger partial charge is 1.00 e. The van der Waals surface area contributed by atoms with Crippen LogP contribution in [0.25, 0.3) is 10.8 Å². The van der Waals surface area contributed by atoms with E-state index in [2.05, 4.69) is 134 Å². The Kier molecular flexibility index (Phi) is 7.08. The quantitative estimate of drug-likeness (QED) is 0.234. The van der Waals surface area contributed by atoms with Gasteiger partial charge < -0.3 is 24.0 Å². The normalized spacial score (nSPS) is 11.2. The predicted octanol–water partition coefficient (Wildman–Crippen LogP) is 3.65. The summed E-state index contributed by atoms with van der Waals surface area (Å²) in [6.07, 6.45) is 1.01. The number of fused-ring (bicyclic) bond motifs is 1. The zero-order chi connectivity index (χ0) is 21.1. The topological polar surface area (TPSA) is 0 Å². The van der Waals surface area contributed by atoms with Gasteiger partial charge in [-0.25, -0.2) is 0 Å². The molecule has 5 aromatic rings. The molecule has 0 atom stereocenters. The third kappa shape index (κ3) is 4.12. The van der Waals surface area contributed by atoms with Crippen molar-refractivity contribution in [1.82, 2.24) is 0 Å². The van der Waals surface area contributed by atoms with Crippen molar-refractivity contribution in [3.63, 3.8) is 0 Å². The van der Waals surface area contributed by atoms with Crippen LogP contribution >= 0.6 is 7.26 Å². The third-order valence-corrected chi connectivity index (χ3v) is 10.6. The molecule has 0 heterocycles. The van der Waals surface area contributed by atoms with Gasteiger partial charge in [-0.05, 0) is 59.7 Å². The molecule has 0 amide bonds. The van der Waals surface area contributed by atoms with Crippen LogP contribution in [0.3, 0.4) is 0 Å². The van der Waals surface area contributed by atoms with Crippen molar-refractivity contribution in [3.05, 3.63) is 139 Å². The number of benzene rings is 5. The van der Waals surface area contributed by atoms with Gasteiger partial charge in [0.15, 0.2) is 0 Å². The monoisotopic (exact) mass is 544 g/mol. The Labute approximate surface area is 208 Å². The average Bonchev–Trinajstić information content (AvgIpc) is 2.85. The van der Waals surface area contributed by atoms with Crippen molar-refractivity contribution < 1.29 is 24.0 Å². The molecule has 0 aliphatic carbocycles. The molecule has 0 unspecified atom stereocenters. The molecule has 0 aromatic heterocycles. The van der Waals surface area contributed by atoms with Gasteiger partial charge in [0.05, 0.1) is 6.16 Å². The molecule has 0 aliphatic heterocycles. The summed E-state index contributed by atoms with van der Waals surface area (Å²) >= 11 is 0. The Hall–Kier alpha value is -2.48. The van der Waals surface area contributed by atoms with Crippen molar-refractivity contribution in [3.8, 4) is 0 Å². The highest BCUT2D eigenvalue weighted by Gasteiger charge is 2.45. The third-order valence-electron chi connectivity index (χ3n) is 6.26.